The van der Waals surface area contributed by atoms with Gasteiger partial charge in [-0.2, -0.15) is 5.10 Å². The van der Waals surface area contributed by atoms with Crippen LogP contribution in [0.25, 0.3) is 10.9 Å². The molecule has 0 saturated heterocycles. The van der Waals surface area contributed by atoms with E-state index in [0.29, 0.717) is 0 Å². The number of hydrogen-bond acceptors (Lipinski definition) is 2. The zero-order valence-corrected chi connectivity index (χ0v) is 7.41. The van der Waals surface area contributed by atoms with Gasteiger partial charge in [0.2, 0.25) is 0 Å². The van der Waals surface area contributed by atoms with E-state index in [0.717, 1.165) is 11.1 Å². The SMILES string of the molecule is CNN=Cc1ccc2[nH]ccc2c1. The van der Waals surface area contributed by atoms with Gasteiger partial charge in [0.15, 0.2) is 0 Å². The normalized spacial score (nSPS) is 11.2. The van der Waals surface area contributed by atoms with Crippen molar-refractivity contribution in [1.82, 2.24) is 10.4 Å². The van der Waals surface area contributed by atoms with E-state index in [1.165, 1.54) is 5.39 Å². The molecule has 0 fully saturated rings. The largest absolute Gasteiger partial charge is 0.361 e. The first-order chi connectivity index (χ1) is 6.40. The fraction of sp³-hybridized carbons (Fsp3) is 0.100. The van der Waals surface area contributed by atoms with E-state index < -0.39 is 0 Å². The number of aromatic nitrogens is 1. The Kier molecular flexibility index (Phi) is 2.00. The number of hydrogen-bond donors (Lipinski definition) is 2. The van der Waals surface area contributed by atoms with E-state index in [4.69, 9.17) is 0 Å². The Labute approximate surface area is 76.5 Å². The molecule has 1 aromatic carbocycles. The van der Waals surface area contributed by atoms with Crippen LogP contribution in [0, 0.1) is 0 Å². The predicted octanol–water partition coefficient (Wildman–Crippen LogP) is 1.72. The smallest absolute Gasteiger partial charge is 0.0540 e. The van der Waals surface area contributed by atoms with Crippen molar-refractivity contribution in [3.05, 3.63) is 36.0 Å². The predicted molar refractivity (Wildman–Crippen MR) is 55.0 cm³/mol. The van der Waals surface area contributed by atoms with Crippen molar-refractivity contribution < 1.29 is 0 Å². The summed E-state index contributed by atoms with van der Waals surface area (Å²) < 4.78 is 0. The van der Waals surface area contributed by atoms with Crippen LogP contribution in [0.15, 0.2) is 35.6 Å². The van der Waals surface area contributed by atoms with Crippen molar-refractivity contribution in [3.8, 4) is 0 Å². The lowest BCUT2D eigenvalue weighted by atomic mass is 10.2. The maximum atomic E-state index is 3.95. The van der Waals surface area contributed by atoms with Crippen LogP contribution in [-0.4, -0.2) is 18.2 Å². The lowest BCUT2D eigenvalue weighted by molar-refractivity contribution is 0.908. The summed E-state index contributed by atoms with van der Waals surface area (Å²) in [5, 5.41) is 5.16. The zero-order valence-electron chi connectivity index (χ0n) is 7.41. The molecule has 0 amide bonds. The topological polar surface area (TPSA) is 40.2 Å². The second-order valence-corrected chi connectivity index (χ2v) is 2.81. The van der Waals surface area contributed by atoms with Gasteiger partial charge in [-0.1, -0.05) is 6.07 Å². The van der Waals surface area contributed by atoms with Crippen LogP contribution in [0.5, 0.6) is 0 Å². The molecule has 0 aliphatic heterocycles. The van der Waals surface area contributed by atoms with Gasteiger partial charge in [-0.3, -0.25) is 0 Å². The van der Waals surface area contributed by atoms with Crippen molar-refractivity contribution in [1.29, 1.82) is 0 Å². The monoisotopic (exact) mass is 173 g/mol. The van der Waals surface area contributed by atoms with Crippen LogP contribution >= 0.6 is 0 Å². The van der Waals surface area contributed by atoms with E-state index >= 15 is 0 Å². The Bertz CT molecular complexity index is 428. The number of nitrogens with one attached hydrogen (secondary N) is 2. The maximum absolute atomic E-state index is 3.95. The molecule has 2 rings (SSSR count). The van der Waals surface area contributed by atoms with E-state index in [1.807, 2.05) is 24.4 Å². The summed E-state index contributed by atoms with van der Waals surface area (Å²) in [5.74, 6) is 0. The van der Waals surface area contributed by atoms with E-state index in [9.17, 15) is 0 Å². The molecule has 1 heterocycles. The highest BCUT2D eigenvalue weighted by Crippen LogP contribution is 2.12. The van der Waals surface area contributed by atoms with E-state index in [-0.39, 0.29) is 0 Å². The van der Waals surface area contributed by atoms with Crippen LogP contribution < -0.4 is 5.43 Å². The first-order valence-electron chi connectivity index (χ1n) is 4.17. The molecule has 1 aromatic heterocycles. The number of nitrogens with zero attached hydrogens (tertiary/aromatic N) is 1. The van der Waals surface area contributed by atoms with Gasteiger partial charge in [0.1, 0.15) is 0 Å². The molecule has 2 aromatic rings. The average molecular weight is 173 g/mol. The molecule has 3 nitrogen and oxygen atoms in total. The summed E-state index contributed by atoms with van der Waals surface area (Å²) in [6.07, 6.45) is 3.73. The van der Waals surface area contributed by atoms with Gasteiger partial charge < -0.3 is 10.4 Å². The Morgan fingerprint density at radius 2 is 2.31 bits per heavy atom. The van der Waals surface area contributed by atoms with Crippen LogP contribution in [0.3, 0.4) is 0 Å². The summed E-state index contributed by atoms with van der Waals surface area (Å²) >= 11 is 0. The number of H-pyrrole nitrogens is 1. The average Bonchev–Trinajstić information content (AvgIpc) is 2.61. The maximum Gasteiger partial charge on any atom is 0.0540 e. The number of hydrazone groups is 1. The van der Waals surface area contributed by atoms with Crippen molar-refractivity contribution in [2.24, 2.45) is 5.10 Å². The Morgan fingerprint density at radius 3 is 3.15 bits per heavy atom. The van der Waals surface area contributed by atoms with Gasteiger partial charge in [-0.25, -0.2) is 0 Å². The fourth-order valence-electron chi connectivity index (χ4n) is 1.29. The lowest BCUT2D eigenvalue weighted by Crippen LogP contribution is -1.94. The number of rotatable bonds is 2. The fourth-order valence-corrected chi connectivity index (χ4v) is 1.29. The Morgan fingerprint density at radius 1 is 1.38 bits per heavy atom. The molecular weight excluding hydrogens is 162 g/mol. The Hall–Kier alpha value is -1.77. The van der Waals surface area contributed by atoms with Gasteiger partial charge in [0.05, 0.1) is 6.21 Å². The van der Waals surface area contributed by atoms with Gasteiger partial charge in [-0.15, -0.1) is 0 Å². The lowest BCUT2D eigenvalue weighted by Gasteiger charge is -1.93. The summed E-state index contributed by atoms with van der Waals surface area (Å²) in [6, 6.07) is 8.21. The number of aromatic amines is 1. The van der Waals surface area contributed by atoms with Gasteiger partial charge >= 0.3 is 0 Å². The molecular formula is C10H11N3. The summed E-state index contributed by atoms with van der Waals surface area (Å²) in [7, 11) is 1.78. The minimum absolute atomic E-state index is 1.10. The van der Waals surface area contributed by atoms with Crippen LogP contribution in [-0.2, 0) is 0 Å². The minimum Gasteiger partial charge on any atom is -0.361 e. The molecule has 0 bridgehead atoms. The molecule has 0 spiro atoms. The van der Waals surface area contributed by atoms with E-state index in [1.54, 1.807) is 13.3 Å². The minimum atomic E-state index is 1.10. The second kappa shape index (κ2) is 3.31. The molecule has 66 valence electrons. The molecule has 2 N–H and O–H groups in total. The molecule has 0 atom stereocenters. The summed E-state index contributed by atoms with van der Waals surface area (Å²) in [4.78, 5) is 3.14. The third-order valence-electron chi connectivity index (χ3n) is 1.92. The van der Waals surface area contributed by atoms with Crippen molar-refractivity contribution in [3.63, 3.8) is 0 Å². The highest BCUT2D eigenvalue weighted by molar-refractivity contribution is 5.88. The molecule has 0 radical (unpaired) electrons. The van der Waals surface area contributed by atoms with Gasteiger partial charge in [0, 0.05) is 18.8 Å². The van der Waals surface area contributed by atoms with Crippen LogP contribution in [0.4, 0.5) is 0 Å². The Balaban J connectivity index is 2.42. The molecule has 0 aliphatic carbocycles. The number of benzene rings is 1. The van der Waals surface area contributed by atoms with E-state index in [2.05, 4.69) is 21.6 Å². The van der Waals surface area contributed by atoms with Crippen molar-refractivity contribution in [2.45, 2.75) is 0 Å². The third-order valence-corrected chi connectivity index (χ3v) is 1.92. The first kappa shape index (κ1) is 7.86. The van der Waals surface area contributed by atoms with Gasteiger partial charge in [-0.05, 0) is 29.1 Å². The standard InChI is InChI=1S/C10H11N3/c1-11-13-7-8-2-3-10-9(6-8)4-5-12-10/h2-7,11-12H,1H3. The number of fused-ring (bicyclic) bond motifs is 1. The zero-order chi connectivity index (χ0) is 9.10. The summed E-state index contributed by atoms with van der Waals surface area (Å²) in [6.45, 7) is 0. The molecule has 0 saturated carbocycles. The van der Waals surface area contributed by atoms with Crippen LogP contribution in [0.2, 0.25) is 0 Å². The molecule has 3 heteroatoms. The van der Waals surface area contributed by atoms with Crippen molar-refractivity contribution >= 4 is 17.1 Å². The highest BCUT2D eigenvalue weighted by Gasteiger charge is 1.93. The second-order valence-electron chi connectivity index (χ2n) is 2.81. The molecule has 13 heavy (non-hydrogen) atoms. The first-order valence-corrected chi connectivity index (χ1v) is 4.17. The summed E-state index contributed by atoms with van der Waals surface area (Å²) in [5.41, 5.74) is 4.97. The highest BCUT2D eigenvalue weighted by atomic mass is 15.3. The molecule has 0 aliphatic rings. The van der Waals surface area contributed by atoms with Crippen LogP contribution in [0.1, 0.15) is 5.56 Å². The van der Waals surface area contributed by atoms with Gasteiger partial charge in [0.25, 0.3) is 0 Å². The molecule has 0 unspecified atom stereocenters. The van der Waals surface area contributed by atoms with Crippen molar-refractivity contribution in [2.75, 3.05) is 7.05 Å². The quantitative estimate of drug-likeness (QED) is 0.527. The third kappa shape index (κ3) is 1.54.